The highest BCUT2D eigenvalue weighted by atomic mass is 16.5. The number of aromatic hydroxyl groups is 1. The molecule has 0 bridgehead atoms. The molecule has 3 rings (SSSR count). The highest BCUT2D eigenvalue weighted by Crippen LogP contribution is 2.34. The number of likely N-dealkylation sites (tertiary alicyclic amines) is 1. The number of carbonyl (C=O) groups is 1. The maximum absolute atomic E-state index is 12.7. The van der Waals surface area contributed by atoms with Crippen LogP contribution in [-0.4, -0.2) is 48.2 Å². The molecule has 5 nitrogen and oxygen atoms in total. The molecule has 2 saturated heterocycles. The third kappa shape index (κ3) is 2.02. The lowest BCUT2D eigenvalue weighted by atomic mass is 10.0. The zero-order valence-corrected chi connectivity index (χ0v) is 11.8. The van der Waals surface area contributed by atoms with Crippen molar-refractivity contribution in [2.75, 3.05) is 20.2 Å². The quantitative estimate of drug-likeness (QED) is 0.852. The van der Waals surface area contributed by atoms with E-state index in [2.05, 4.69) is 12.2 Å². The van der Waals surface area contributed by atoms with E-state index in [-0.39, 0.29) is 23.7 Å². The van der Waals surface area contributed by atoms with E-state index >= 15 is 0 Å². The monoisotopic (exact) mass is 276 g/mol. The highest BCUT2D eigenvalue weighted by molar-refractivity contribution is 5.95. The first-order valence-corrected chi connectivity index (χ1v) is 7.02. The van der Waals surface area contributed by atoms with Crippen molar-refractivity contribution in [2.24, 2.45) is 5.92 Å². The Balaban J connectivity index is 1.86. The third-order valence-electron chi connectivity index (χ3n) is 4.44. The van der Waals surface area contributed by atoms with Crippen LogP contribution in [0.15, 0.2) is 18.2 Å². The van der Waals surface area contributed by atoms with Gasteiger partial charge in [0.25, 0.3) is 5.91 Å². The highest BCUT2D eigenvalue weighted by Gasteiger charge is 2.44. The molecule has 2 aliphatic rings. The standard InChI is InChI=1S/C15H20N2O3/c1-9-5-11-7-16-8-12(11)17(9)15(19)10-3-4-14(20-2)13(18)6-10/h3-4,6,9,11-12,16,18H,5,7-8H2,1-2H3. The molecule has 2 fully saturated rings. The van der Waals surface area contributed by atoms with E-state index in [1.54, 1.807) is 12.1 Å². The van der Waals surface area contributed by atoms with Crippen molar-refractivity contribution < 1.29 is 14.6 Å². The summed E-state index contributed by atoms with van der Waals surface area (Å²) < 4.78 is 5.01. The molecule has 108 valence electrons. The number of nitrogens with zero attached hydrogens (tertiary/aromatic N) is 1. The number of rotatable bonds is 2. The van der Waals surface area contributed by atoms with Crippen molar-refractivity contribution >= 4 is 5.91 Å². The summed E-state index contributed by atoms with van der Waals surface area (Å²) in [5.41, 5.74) is 0.516. The lowest BCUT2D eigenvalue weighted by Gasteiger charge is -2.27. The molecule has 3 atom stereocenters. The summed E-state index contributed by atoms with van der Waals surface area (Å²) in [5, 5.41) is 13.2. The molecule has 1 aromatic rings. The first kappa shape index (κ1) is 13.2. The molecule has 0 radical (unpaired) electrons. The second-order valence-electron chi connectivity index (χ2n) is 5.67. The minimum absolute atomic E-state index is 0.00583. The summed E-state index contributed by atoms with van der Waals surface area (Å²) in [6.45, 7) is 3.95. The van der Waals surface area contributed by atoms with Gasteiger partial charge < -0.3 is 20.1 Å². The van der Waals surface area contributed by atoms with Crippen molar-refractivity contribution in [3.05, 3.63) is 23.8 Å². The summed E-state index contributed by atoms with van der Waals surface area (Å²) in [4.78, 5) is 14.7. The van der Waals surface area contributed by atoms with E-state index in [1.165, 1.54) is 13.2 Å². The van der Waals surface area contributed by atoms with Crippen LogP contribution < -0.4 is 10.1 Å². The summed E-state index contributed by atoms with van der Waals surface area (Å²) in [6, 6.07) is 5.37. The Labute approximate surface area is 118 Å². The molecule has 0 aromatic heterocycles. The number of nitrogens with one attached hydrogen (secondary N) is 1. The normalized spacial score (nSPS) is 28.5. The topological polar surface area (TPSA) is 61.8 Å². The zero-order chi connectivity index (χ0) is 14.3. The van der Waals surface area contributed by atoms with Gasteiger partial charge in [-0.1, -0.05) is 0 Å². The van der Waals surface area contributed by atoms with Crippen molar-refractivity contribution in [3.63, 3.8) is 0 Å². The fourth-order valence-corrected chi connectivity index (χ4v) is 3.49. The van der Waals surface area contributed by atoms with Crippen LogP contribution in [0.5, 0.6) is 11.5 Å². The van der Waals surface area contributed by atoms with E-state index in [0.29, 0.717) is 17.2 Å². The maximum Gasteiger partial charge on any atom is 0.254 e. The predicted molar refractivity (Wildman–Crippen MR) is 75.1 cm³/mol. The number of carbonyl (C=O) groups excluding carboxylic acids is 1. The Kier molecular flexibility index (Phi) is 3.30. The van der Waals surface area contributed by atoms with E-state index in [4.69, 9.17) is 4.74 Å². The van der Waals surface area contributed by atoms with Gasteiger partial charge in [0.15, 0.2) is 11.5 Å². The first-order valence-electron chi connectivity index (χ1n) is 7.02. The van der Waals surface area contributed by atoms with Crippen LogP contribution in [0.2, 0.25) is 0 Å². The lowest BCUT2D eigenvalue weighted by Crippen LogP contribution is -2.42. The van der Waals surface area contributed by atoms with Gasteiger partial charge in [0.2, 0.25) is 0 Å². The molecule has 3 unspecified atom stereocenters. The van der Waals surface area contributed by atoms with E-state index in [9.17, 15) is 9.90 Å². The van der Waals surface area contributed by atoms with Gasteiger partial charge in [0, 0.05) is 30.7 Å². The van der Waals surface area contributed by atoms with E-state index in [0.717, 1.165) is 19.5 Å². The summed E-state index contributed by atoms with van der Waals surface area (Å²) in [6.07, 6.45) is 1.05. The molecule has 2 N–H and O–H groups in total. The molecule has 5 heteroatoms. The Morgan fingerprint density at radius 2 is 2.25 bits per heavy atom. The third-order valence-corrected chi connectivity index (χ3v) is 4.44. The van der Waals surface area contributed by atoms with Gasteiger partial charge in [0.05, 0.1) is 7.11 Å². The second-order valence-corrected chi connectivity index (χ2v) is 5.67. The fraction of sp³-hybridized carbons (Fsp3) is 0.533. The Hall–Kier alpha value is -1.75. The first-order chi connectivity index (χ1) is 9.61. The van der Waals surface area contributed by atoms with Gasteiger partial charge in [-0.2, -0.15) is 0 Å². The van der Waals surface area contributed by atoms with Gasteiger partial charge >= 0.3 is 0 Å². The van der Waals surface area contributed by atoms with Crippen molar-refractivity contribution in [1.82, 2.24) is 10.2 Å². The summed E-state index contributed by atoms with van der Waals surface area (Å²) in [7, 11) is 1.49. The van der Waals surface area contributed by atoms with Crippen molar-refractivity contribution in [2.45, 2.75) is 25.4 Å². The molecule has 0 aliphatic carbocycles. The molecule has 20 heavy (non-hydrogen) atoms. The van der Waals surface area contributed by atoms with Crippen LogP contribution in [0.25, 0.3) is 0 Å². The van der Waals surface area contributed by atoms with Crippen LogP contribution in [-0.2, 0) is 0 Å². The van der Waals surface area contributed by atoms with Crippen LogP contribution in [0.4, 0.5) is 0 Å². The van der Waals surface area contributed by atoms with E-state index in [1.807, 2.05) is 4.90 Å². The number of phenolic OH excluding ortho intramolecular Hbond substituents is 1. The number of hydrogen-bond donors (Lipinski definition) is 2. The van der Waals surface area contributed by atoms with Gasteiger partial charge in [-0.3, -0.25) is 4.79 Å². The van der Waals surface area contributed by atoms with Crippen LogP contribution in [0.1, 0.15) is 23.7 Å². The molecule has 2 aliphatic heterocycles. The summed E-state index contributed by atoms with van der Waals surface area (Å²) in [5.74, 6) is 0.940. The molecule has 2 heterocycles. The maximum atomic E-state index is 12.7. The van der Waals surface area contributed by atoms with Crippen LogP contribution >= 0.6 is 0 Å². The lowest BCUT2D eigenvalue weighted by molar-refractivity contribution is 0.0681. The van der Waals surface area contributed by atoms with Gasteiger partial charge in [-0.15, -0.1) is 0 Å². The van der Waals surface area contributed by atoms with Crippen LogP contribution in [0, 0.1) is 5.92 Å². The number of benzene rings is 1. The molecule has 0 saturated carbocycles. The predicted octanol–water partition coefficient (Wildman–Crippen LogP) is 1.22. The second kappa shape index (κ2) is 4.98. The molecule has 1 aromatic carbocycles. The number of hydrogen-bond acceptors (Lipinski definition) is 4. The Morgan fingerprint density at radius 3 is 2.95 bits per heavy atom. The number of amides is 1. The minimum atomic E-state index is -0.00773. The van der Waals surface area contributed by atoms with E-state index < -0.39 is 0 Å². The zero-order valence-electron chi connectivity index (χ0n) is 11.8. The smallest absolute Gasteiger partial charge is 0.254 e. The number of fused-ring (bicyclic) bond motifs is 1. The van der Waals surface area contributed by atoms with Crippen LogP contribution in [0.3, 0.4) is 0 Å². The van der Waals surface area contributed by atoms with Gasteiger partial charge in [-0.25, -0.2) is 0 Å². The Morgan fingerprint density at radius 1 is 1.45 bits per heavy atom. The summed E-state index contributed by atoms with van der Waals surface area (Å²) >= 11 is 0. The number of phenols is 1. The Bertz CT molecular complexity index is 532. The molecular formula is C15H20N2O3. The number of methoxy groups -OCH3 is 1. The molecular weight excluding hydrogens is 256 g/mol. The van der Waals surface area contributed by atoms with Gasteiger partial charge in [-0.05, 0) is 37.5 Å². The van der Waals surface area contributed by atoms with Crippen molar-refractivity contribution in [1.29, 1.82) is 0 Å². The van der Waals surface area contributed by atoms with Gasteiger partial charge in [0.1, 0.15) is 0 Å². The fourth-order valence-electron chi connectivity index (χ4n) is 3.49. The minimum Gasteiger partial charge on any atom is -0.504 e. The average Bonchev–Trinajstić information content (AvgIpc) is 2.97. The average molecular weight is 276 g/mol. The number of ether oxygens (including phenoxy) is 1. The SMILES string of the molecule is COc1ccc(C(=O)N2C(C)CC3CNCC32)cc1O. The van der Waals surface area contributed by atoms with Crippen molar-refractivity contribution in [3.8, 4) is 11.5 Å². The largest absolute Gasteiger partial charge is 0.504 e. The molecule has 1 amide bonds. The molecule has 0 spiro atoms.